The minimum atomic E-state index is -1.03. The first-order valence-electron chi connectivity index (χ1n) is 8.92. The van der Waals surface area contributed by atoms with Gasteiger partial charge in [0, 0.05) is 19.8 Å². The SMILES string of the molecule is CC(=O)N[C@@H](Cc1ccccc1F)C(=O)N[C@@H](Cc1ccccc1C)C(N)=O. The molecule has 3 amide bonds. The molecular formula is C21H24FN3O3. The number of rotatable bonds is 8. The summed E-state index contributed by atoms with van der Waals surface area (Å²) in [5.41, 5.74) is 7.58. The van der Waals surface area contributed by atoms with E-state index in [1.807, 2.05) is 31.2 Å². The van der Waals surface area contributed by atoms with Crippen molar-refractivity contribution in [2.75, 3.05) is 0 Å². The first-order chi connectivity index (χ1) is 13.3. The molecule has 0 aliphatic heterocycles. The van der Waals surface area contributed by atoms with Gasteiger partial charge in [-0.1, -0.05) is 42.5 Å². The van der Waals surface area contributed by atoms with Gasteiger partial charge in [0.1, 0.15) is 17.9 Å². The zero-order valence-corrected chi connectivity index (χ0v) is 15.9. The van der Waals surface area contributed by atoms with Crippen molar-refractivity contribution in [1.29, 1.82) is 0 Å². The van der Waals surface area contributed by atoms with Crippen molar-refractivity contribution in [3.63, 3.8) is 0 Å². The Morgan fingerprint density at radius 1 is 0.929 bits per heavy atom. The zero-order valence-electron chi connectivity index (χ0n) is 15.9. The smallest absolute Gasteiger partial charge is 0.243 e. The largest absolute Gasteiger partial charge is 0.368 e. The molecule has 0 spiro atoms. The molecule has 148 valence electrons. The van der Waals surface area contributed by atoms with Crippen LogP contribution in [0.1, 0.15) is 23.6 Å². The zero-order chi connectivity index (χ0) is 20.7. The predicted molar refractivity (Wildman–Crippen MR) is 104 cm³/mol. The van der Waals surface area contributed by atoms with Crippen LogP contribution < -0.4 is 16.4 Å². The third-order valence-electron chi connectivity index (χ3n) is 4.42. The minimum Gasteiger partial charge on any atom is -0.368 e. The molecule has 0 aromatic heterocycles. The summed E-state index contributed by atoms with van der Waals surface area (Å²) in [5.74, 6) is -2.21. The number of carbonyl (C=O) groups is 3. The molecule has 0 fully saturated rings. The average Bonchev–Trinajstić information content (AvgIpc) is 2.63. The summed E-state index contributed by atoms with van der Waals surface area (Å²) in [5, 5.41) is 5.09. The molecular weight excluding hydrogens is 361 g/mol. The van der Waals surface area contributed by atoms with Crippen LogP contribution in [0.3, 0.4) is 0 Å². The Morgan fingerprint density at radius 2 is 1.50 bits per heavy atom. The Labute approximate surface area is 163 Å². The number of aryl methyl sites for hydroxylation is 1. The molecule has 0 saturated carbocycles. The van der Waals surface area contributed by atoms with Crippen molar-refractivity contribution in [2.45, 2.75) is 38.8 Å². The maximum Gasteiger partial charge on any atom is 0.243 e. The van der Waals surface area contributed by atoms with Gasteiger partial charge in [-0.25, -0.2) is 4.39 Å². The average molecular weight is 385 g/mol. The summed E-state index contributed by atoms with van der Waals surface area (Å²) < 4.78 is 14.0. The molecule has 0 saturated heterocycles. The number of amides is 3. The molecule has 4 N–H and O–H groups in total. The van der Waals surface area contributed by atoms with E-state index >= 15 is 0 Å². The van der Waals surface area contributed by atoms with E-state index in [-0.39, 0.29) is 18.4 Å². The van der Waals surface area contributed by atoms with Gasteiger partial charge in [0.15, 0.2) is 0 Å². The second kappa shape index (κ2) is 9.64. The number of carbonyl (C=O) groups excluding carboxylic acids is 3. The van der Waals surface area contributed by atoms with Crippen LogP contribution in [0.4, 0.5) is 4.39 Å². The van der Waals surface area contributed by atoms with Gasteiger partial charge in [0.25, 0.3) is 0 Å². The molecule has 0 heterocycles. The molecule has 0 radical (unpaired) electrons. The fraction of sp³-hybridized carbons (Fsp3) is 0.286. The first-order valence-corrected chi connectivity index (χ1v) is 8.92. The molecule has 2 aromatic rings. The molecule has 0 aliphatic rings. The summed E-state index contributed by atoms with van der Waals surface area (Å²) in [6.07, 6.45) is 0.175. The Morgan fingerprint density at radius 3 is 2.07 bits per heavy atom. The molecule has 0 unspecified atom stereocenters. The van der Waals surface area contributed by atoms with Gasteiger partial charge < -0.3 is 16.4 Å². The van der Waals surface area contributed by atoms with Gasteiger partial charge in [-0.15, -0.1) is 0 Å². The normalized spacial score (nSPS) is 12.7. The van der Waals surface area contributed by atoms with Crippen molar-refractivity contribution in [1.82, 2.24) is 10.6 Å². The number of hydrogen-bond acceptors (Lipinski definition) is 3. The highest BCUT2D eigenvalue weighted by Gasteiger charge is 2.26. The maximum atomic E-state index is 14.0. The van der Waals surface area contributed by atoms with Gasteiger partial charge in [-0.05, 0) is 29.7 Å². The summed E-state index contributed by atoms with van der Waals surface area (Å²) in [6.45, 7) is 3.16. The molecule has 2 atom stereocenters. The monoisotopic (exact) mass is 385 g/mol. The predicted octanol–water partition coefficient (Wildman–Crippen LogP) is 1.39. The Hall–Kier alpha value is -3.22. The second-order valence-electron chi connectivity index (χ2n) is 6.64. The summed E-state index contributed by atoms with van der Waals surface area (Å²) in [6, 6.07) is 11.5. The van der Waals surface area contributed by atoms with Gasteiger partial charge in [-0.3, -0.25) is 14.4 Å². The number of nitrogens with one attached hydrogen (secondary N) is 2. The summed E-state index contributed by atoms with van der Waals surface area (Å²) >= 11 is 0. The van der Waals surface area contributed by atoms with Crippen molar-refractivity contribution in [2.24, 2.45) is 5.73 Å². The Kier molecular flexibility index (Phi) is 7.26. The van der Waals surface area contributed by atoms with Crippen molar-refractivity contribution in [3.05, 3.63) is 71.0 Å². The van der Waals surface area contributed by atoms with E-state index in [0.29, 0.717) is 0 Å². The molecule has 7 heteroatoms. The van der Waals surface area contributed by atoms with Crippen LogP contribution in [0.5, 0.6) is 0 Å². The number of hydrogen-bond donors (Lipinski definition) is 3. The van der Waals surface area contributed by atoms with Crippen LogP contribution in [-0.4, -0.2) is 29.8 Å². The van der Waals surface area contributed by atoms with Crippen molar-refractivity contribution in [3.8, 4) is 0 Å². The van der Waals surface area contributed by atoms with Crippen LogP contribution >= 0.6 is 0 Å². The lowest BCUT2D eigenvalue weighted by molar-refractivity contribution is -0.130. The van der Waals surface area contributed by atoms with Crippen LogP contribution in [0.25, 0.3) is 0 Å². The van der Waals surface area contributed by atoms with Gasteiger partial charge in [0.05, 0.1) is 0 Å². The Bertz CT molecular complexity index is 869. The van der Waals surface area contributed by atoms with Gasteiger partial charge in [0.2, 0.25) is 17.7 Å². The maximum absolute atomic E-state index is 14.0. The van der Waals surface area contributed by atoms with Crippen LogP contribution in [-0.2, 0) is 27.2 Å². The highest BCUT2D eigenvalue weighted by atomic mass is 19.1. The molecule has 6 nitrogen and oxygen atoms in total. The third kappa shape index (κ3) is 5.90. The fourth-order valence-corrected chi connectivity index (χ4v) is 2.89. The van der Waals surface area contributed by atoms with E-state index in [1.165, 1.54) is 25.1 Å². The standard InChI is InChI=1S/C21H24FN3O3/c1-13-7-3-4-8-15(13)11-18(20(23)27)25-21(28)19(24-14(2)26)12-16-9-5-6-10-17(16)22/h3-10,18-19H,11-12H2,1-2H3,(H2,23,27)(H,24,26)(H,25,28)/t18-,19-/m0/s1. The van der Waals surface area contributed by atoms with Crippen LogP contribution in [0.2, 0.25) is 0 Å². The van der Waals surface area contributed by atoms with Crippen LogP contribution in [0.15, 0.2) is 48.5 Å². The van der Waals surface area contributed by atoms with Crippen LogP contribution in [0, 0.1) is 12.7 Å². The molecule has 0 bridgehead atoms. The molecule has 2 aromatic carbocycles. The van der Waals surface area contributed by atoms with Gasteiger partial charge >= 0.3 is 0 Å². The molecule has 2 rings (SSSR count). The second-order valence-corrected chi connectivity index (χ2v) is 6.64. The number of halogens is 1. The molecule has 28 heavy (non-hydrogen) atoms. The number of benzene rings is 2. The van der Waals surface area contributed by atoms with Gasteiger partial charge in [-0.2, -0.15) is 0 Å². The Balaban J connectivity index is 2.17. The van der Waals surface area contributed by atoms with E-state index < -0.39 is 35.6 Å². The summed E-state index contributed by atoms with van der Waals surface area (Å²) in [7, 11) is 0. The third-order valence-corrected chi connectivity index (χ3v) is 4.42. The number of nitrogens with two attached hydrogens (primary N) is 1. The minimum absolute atomic E-state index is 0.0477. The number of primary amides is 1. The van der Waals surface area contributed by atoms with E-state index in [0.717, 1.165) is 11.1 Å². The topological polar surface area (TPSA) is 101 Å². The quantitative estimate of drug-likeness (QED) is 0.640. The highest BCUT2D eigenvalue weighted by Crippen LogP contribution is 2.12. The molecule has 0 aliphatic carbocycles. The van der Waals surface area contributed by atoms with Crippen molar-refractivity contribution >= 4 is 17.7 Å². The van der Waals surface area contributed by atoms with E-state index in [4.69, 9.17) is 5.73 Å². The lowest BCUT2D eigenvalue weighted by Gasteiger charge is -2.22. The summed E-state index contributed by atoms with van der Waals surface area (Å²) in [4.78, 5) is 36.1. The van der Waals surface area contributed by atoms with E-state index in [2.05, 4.69) is 10.6 Å². The van der Waals surface area contributed by atoms with E-state index in [1.54, 1.807) is 6.07 Å². The highest BCUT2D eigenvalue weighted by molar-refractivity contribution is 5.91. The van der Waals surface area contributed by atoms with Crippen molar-refractivity contribution < 1.29 is 18.8 Å². The lowest BCUT2D eigenvalue weighted by Crippen LogP contribution is -2.54. The fourth-order valence-electron chi connectivity index (χ4n) is 2.89. The first kappa shape index (κ1) is 21.1. The van der Waals surface area contributed by atoms with E-state index in [9.17, 15) is 18.8 Å². The lowest BCUT2D eigenvalue weighted by atomic mass is 9.99.